The summed E-state index contributed by atoms with van der Waals surface area (Å²) in [5, 5.41) is 7.47. The third kappa shape index (κ3) is 4.26. The molecule has 0 rings (SSSR count). The Morgan fingerprint density at radius 3 is 1.94 bits per heavy atom. The first-order chi connectivity index (χ1) is 7.02. The summed E-state index contributed by atoms with van der Waals surface area (Å²) in [6.45, 7) is 1.64. The monoisotopic (exact) mass is 263 g/mol. The zero-order chi connectivity index (χ0) is 13.1. The lowest BCUT2D eigenvalue weighted by Crippen LogP contribution is -2.47. The number of hydrogen-bond donors (Lipinski definition) is 1. The Bertz CT molecular complexity index is 313. The average Bonchev–Trinajstić information content (AvgIpc) is 2.10. The fraction of sp³-hybridized carbons (Fsp3) is 1.00. The molecule has 0 aromatic rings. The Morgan fingerprint density at radius 2 is 1.69 bits per heavy atom. The molecule has 0 fully saturated rings. The van der Waals surface area contributed by atoms with E-state index in [9.17, 15) is 21.6 Å². The van der Waals surface area contributed by atoms with Gasteiger partial charge in [0.15, 0.2) is 0 Å². The lowest BCUT2D eigenvalue weighted by molar-refractivity contribution is -0.138. The first-order valence-electron chi connectivity index (χ1n) is 4.70. The molecule has 8 heteroatoms. The van der Waals surface area contributed by atoms with E-state index in [1.165, 1.54) is 20.8 Å². The van der Waals surface area contributed by atoms with Crippen molar-refractivity contribution >= 4 is 10.0 Å². The van der Waals surface area contributed by atoms with Crippen LogP contribution in [0.3, 0.4) is 0 Å². The molecule has 0 radical (unpaired) electrons. The summed E-state index contributed by atoms with van der Waals surface area (Å²) in [6, 6.07) is -0.805. The average molecular weight is 263 g/mol. The van der Waals surface area contributed by atoms with Gasteiger partial charge in [0, 0.05) is 6.04 Å². The van der Waals surface area contributed by atoms with Crippen LogP contribution < -0.4 is 0 Å². The van der Waals surface area contributed by atoms with Gasteiger partial charge in [0.05, 0.1) is 11.9 Å². The third-order valence-corrected chi connectivity index (χ3v) is 4.37. The molecule has 0 heterocycles. The summed E-state index contributed by atoms with van der Waals surface area (Å²) in [5.41, 5.74) is 0. The molecular weight excluding hydrogens is 247 g/mol. The van der Waals surface area contributed by atoms with Gasteiger partial charge in [-0.05, 0) is 20.8 Å². The Balaban J connectivity index is 5.08. The van der Waals surface area contributed by atoms with E-state index >= 15 is 0 Å². The first kappa shape index (κ1) is 15.7. The summed E-state index contributed by atoms with van der Waals surface area (Å²) in [5.74, 6) is 0. The smallest absolute Gasteiger partial charge is 0.395 e. The predicted molar refractivity (Wildman–Crippen MR) is 53.4 cm³/mol. The SMILES string of the molecule is CC(C)N(CC(F)(F)F)S(=O)(=O)C(C)CO. The number of sulfonamides is 1. The summed E-state index contributed by atoms with van der Waals surface area (Å²) >= 11 is 0. The number of hydrogen-bond acceptors (Lipinski definition) is 3. The van der Waals surface area contributed by atoms with Gasteiger partial charge >= 0.3 is 6.18 Å². The Kier molecular flexibility index (Phi) is 5.21. The second-order valence-corrected chi connectivity index (χ2v) is 6.10. The standard InChI is InChI=1S/C8H16F3NO3S/c1-6(2)12(5-8(9,10)11)16(14,15)7(3)4-13/h6-7,13H,4-5H2,1-3H3. The molecule has 0 amide bonds. The number of aliphatic hydroxyl groups excluding tert-OH is 1. The van der Waals surface area contributed by atoms with E-state index in [-0.39, 0.29) is 0 Å². The number of nitrogens with zero attached hydrogens (tertiary/aromatic N) is 1. The second kappa shape index (κ2) is 5.33. The van der Waals surface area contributed by atoms with Crippen LogP contribution in [0.15, 0.2) is 0 Å². The van der Waals surface area contributed by atoms with Gasteiger partial charge in [0.2, 0.25) is 10.0 Å². The maximum absolute atomic E-state index is 12.2. The minimum absolute atomic E-state index is 0.355. The molecule has 0 bridgehead atoms. The molecule has 1 atom stereocenters. The van der Waals surface area contributed by atoms with Crippen LogP contribution in [0.4, 0.5) is 13.2 Å². The van der Waals surface area contributed by atoms with Gasteiger partial charge < -0.3 is 5.11 Å². The van der Waals surface area contributed by atoms with Crippen LogP contribution in [0.25, 0.3) is 0 Å². The molecule has 98 valence electrons. The van der Waals surface area contributed by atoms with Crippen molar-refractivity contribution in [1.82, 2.24) is 4.31 Å². The van der Waals surface area contributed by atoms with Crippen molar-refractivity contribution in [3.63, 3.8) is 0 Å². The van der Waals surface area contributed by atoms with Crippen molar-refractivity contribution in [2.24, 2.45) is 0 Å². The fourth-order valence-corrected chi connectivity index (χ4v) is 2.63. The molecule has 0 spiro atoms. The topological polar surface area (TPSA) is 57.6 Å². The highest BCUT2D eigenvalue weighted by atomic mass is 32.2. The summed E-state index contributed by atoms with van der Waals surface area (Å²) < 4.78 is 60.2. The molecule has 0 aliphatic heterocycles. The zero-order valence-electron chi connectivity index (χ0n) is 9.32. The Morgan fingerprint density at radius 1 is 1.25 bits per heavy atom. The van der Waals surface area contributed by atoms with E-state index in [1.54, 1.807) is 0 Å². The van der Waals surface area contributed by atoms with Gasteiger partial charge in [-0.2, -0.15) is 17.5 Å². The molecule has 0 aromatic heterocycles. The zero-order valence-corrected chi connectivity index (χ0v) is 10.1. The van der Waals surface area contributed by atoms with E-state index in [4.69, 9.17) is 5.11 Å². The van der Waals surface area contributed by atoms with Gasteiger partial charge in [-0.3, -0.25) is 0 Å². The van der Waals surface area contributed by atoms with Gasteiger partial charge in [-0.1, -0.05) is 0 Å². The van der Waals surface area contributed by atoms with Crippen LogP contribution in [-0.4, -0.2) is 48.4 Å². The maximum Gasteiger partial charge on any atom is 0.402 e. The van der Waals surface area contributed by atoms with Crippen molar-refractivity contribution in [3.05, 3.63) is 0 Å². The highest BCUT2D eigenvalue weighted by Crippen LogP contribution is 2.22. The largest absolute Gasteiger partial charge is 0.402 e. The van der Waals surface area contributed by atoms with Crippen LogP contribution in [0.2, 0.25) is 0 Å². The van der Waals surface area contributed by atoms with Crippen molar-refractivity contribution in [3.8, 4) is 0 Å². The normalized spacial score (nSPS) is 15.8. The second-order valence-electron chi connectivity index (χ2n) is 3.79. The predicted octanol–water partition coefficient (Wildman–Crippen LogP) is 0.970. The molecule has 16 heavy (non-hydrogen) atoms. The number of alkyl halides is 3. The van der Waals surface area contributed by atoms with Gasteiger partial charge in [-0.15, -0.1) is 0 Å². The van der Waals surface area contributed by atoms with E-state index in [1.807, 2.05) is 0 Å². The molecule has 0 saturated carbocycles. The lowest BCUT2D eigenvalue weighted by Gasteiger charge is -2.29. The van der Waals surface area contributed by atoms with Gasteiger partial charge in [0.25, 0.3) is 0 Å². The number of rotatable bonds is 5. The molecule has 0 aliphatic rings. The molecule has 1 unspecified atom stereocenters. The molecule has 0 aromatic carbocycles. The number of aliphatic hydroxyl groups is 1. The van der Waals surface area contributed by atoms with Crippen LogP contribution >= 0.6 is 0 Å². The van der Waals surface area contributed by atoms with Crippen LogP contribution in [0.5, 0.6) is 0 Å². The highest BCUT2D eigenvalue weighted by Gasteiger charge is 2.39. The molecule has 1 N–H and O–H groups in total. The van der Waals surface area contributed by atoms with Gasteiger partial charge in [-0.25, -0.2) is 8.42 Å². The minimum atomic E-state index is -4.59. The summed E-state index contributed by atoms with van der Waals surface area (Å²) in [6.07, 6.45) is -4.59. The van der Waals surface area contributed by atoms with Crippen molar-refractivity contribution in [2.75, 3.05) is 13.2 Å². The first-order valence-corrected chi connectivity index (χ1v) is 6.21. The van der Waals surface area contributed by atoms with E-state index in [2.05, 4.69) is 0 Å². The molecule has 0 saturated heterocycles. The van der Waals surface area contributed by atoms with Crippen molar-refractivity contribution in [1.29, 1.82) is 0 Å². The third-order valence-electron chi connectivity index (χ3n) is 2.00. The van der Waals surface area contributed by atoms with E-state index in [0.29, 0.717) is 4.31 Å². The van der Waals surface area contributed by atoms with Crippen LogP contribution in [0.1, 0.15) is 20.8 Å². The number of halogens is 3. The quantitative estimate of drug-likeness (QED) is 0.804. The van der Waals surface area contributed by atoms with E-state index in [0.717, 1.165) is 0 Å². The Hall–Kier alpha value is -0.340. The minimum Gasteiger partial charge on any atom is -0.395 e. The van der Waals surface area contributed by atoms with Crippen molar-refractivity contribution < 1.29 is 26.7 Å². The van der Waals surface area contributed by atoms with Crippen molar-refractivity contribution in [2.45, 2.75) is 38.2 Å². The molecular formula is C8H16F3NO3S. The van der Waals surface area contributed by atoms with E-state index < -0.39 is 40.6 Å². The molecule has 4 nitrogen and oxygen atoms in total. The Labute approximate surface area is 93.1 Å². The van der Waals surface area contributed by atoms with Gasteiger partial charge in [0.1, 0.15) is 6.54 Å². The lowest BCUT2D eigenvalue weighted by atomic mass is 10.4. The van der Waals surface area contributed by atoms with Crippen LogP contribution in [-0.2, 0) is 10.0 Å². The maximum atomic E-state index is 12.2. The summed E-state index contributed by atoms with van der Waals surface area (Å²) in [7, 11) is -4.12. The highest BCUT2D eigenvalue weighted by molar-refractivity contribution is 7.89. The van der Waals surface area contributed by atoms with Crippen LogP contribution in [0, 0.1) is 0 Å². The molecule has 0 aliphatic carbocycles. The fourth-order valence-electron chi connectivity index (χ4n) is 1.07. The summed E-state index contributed by atoms with van der Waals surface area (Å²) in [4.78, 5) is 0.